The number of ketones is 1. The molecule has 4 fully saturated rings. The van der Waals surface area contributed by atoms with E-state index in [4.69, 9.17) is 11.6 Å². The molecular formula is C19H29ClO2. The molecule has 0 aromatic carbocycles. The molecule has 0 heterocycles. The van der Waals surface area contributed by atoms with Gasteiger partial charge in [0.25, 0.3) is 0 Å². The van der Waals surface area contributed by atoms with E-state index in [1.165, 1.54) is 19.3 Å². The van der Waals surface area contributed by atoms with Crippen LogP contribution in [0.5, 0.6) is 0 Å². The Morgan fingerprint density at radius 2 is 1.82 bits per heavy atom. The molecular weight excluding hydrogens is 296 g/mol. The molecule has 0 radical (unpaired) electrons. The summed E-state index contributed by atoms with van der Waals surface area (Å²) in [5, 5.41) is 9.30. The van der Waals surface area contributed by atoms with E-state index in [2.05, 4.69) is 13.8 Å². The number of hydrogen-bond acceptors (Lipinski definition) is 2. The van der Waals surface area contributed by atoms with Gasteiger partial charge in [-0.1, -0.05) is 25.4 Å². The molecule has 0 bridgehead atoms. The van der Waals surface area contributed by atoms with Crippen molar-refractivity contribution in [3.8, 4) is 0 Å². The topological polar surface area (TPSA) is 37.3 Å². The molecule has 2 nitrogen and oxygen atoms in total. The van der Waals surface area contributed by atoms with E-state index in [1.54, 1.807) is 0 Å². The number of hydrogen-bond donors (Lipinski definition) is 1. The summed E-state index contributed by atoms with van der Waals surface area (Å²) in [7, 11) is 0. The van der Waals surface area contributed by atoms with Crippen molar-refractivity contribution in [1.82, 2.24) is 0 Å². The van der Waals surface area contributed by atoms with Gasteiger partial charge in [0.1, 0.15) is 10.8 Å². The number of halogens is 1. The fraction of sp³-hybridized carbons (Fsp3) is 0.947. The van der Waals surface area contributed by atoms with Gasteiger partial charge in [0.05, 0.1) is 0 Å². The van der Waals surface area contributed by atoms with Crippen LogP contribution in [0.2, 0.25) is 0 Å². The van der Waals surface area contributed by atoms with Crippen LogP contribution < -0.4 is 0 Å². The van der Waals surface area contributed by atoms with E-state index in [0.717, 1.165) is 50.4 Å². The first-order chi connectivity index (χ1) is 10.3. The first kappa shape index (κ1) is 15.4. The number of carbonyl (C=O) groups excluding carboxylic acids is 1. The lowest BCUT2D eigenvalue weighted by Crippen LogP contribution is -2.55. The number of alkyl halides is 1. The van der Waals surface area contributed by atoms with Gasteiger partial charge < -0.3 is 5.11 Å². The average molecular weight is 325 g/mol. The zero-order valence-electron chi connectivity index (χ0n) is 13.9. The molecule has 1 N–H and O–H groups in total. The van der Waals surface area contributed by atoms with Crippen LogP contribution in [-0.2, 0) is 4.79 Å². The van der Waals surface area contributed by atoms with Crippen molar-refractivity contribution in [3.05, 3.63) is 0 Å². The maximum absolute atomic E-state index is 12.4. The Morgan fingerprint density at radius 3 is 2.59 bits per heavy atom. The molecule has 4 aliphatic carbocycles. The second-order valence-electron chi connectivity index (χ2n) is 9.20. The number of aliphatic hydroxyl groups is 1. The average Bonchev–Trinajstić information content (AvgIpc) is 2.76. The van der Waals surface area contributed by atoms with Gasteiger partial charge in [-0.15, -0.1) is 0 Å². The first-order valence-corrected chi connectivity index (χ1v) is 9.59. The van der Waals surface area contributed by atoms with Gasteiger partial charge >= 0.3 is 0 Å². The molecule has 0 saturated heterocycles. The molecule has 4 aliphatic rings. The highest BCUT2D eigenvalue weighted by Crippen LogP contribution is 2.66. The van der Waals surface area contributed by atoms with E-state index in [0.29, 0.717) is 23.0 Å². The fourth-order valence-corrected chi connectivity index (χ4v) is 7.25. The number of fused-ring (bicyclic) bond motifs is 5. The van der Waals surface area contributed by atoms with Crippen LogP contribution in [0.15, 0.2) is 0 Å². The minimum atomic E-state index is -0.969. The SMILES string of the molecule is C[C@]12CC[C@@](O)(Cl)C[C@H]1CC[C@@H]1[C@@H]2CC[C@]2(C)C(=O)CC[C@@H]12. The third kappa shape index (κ3) is 1.99. The first-order valence-electron chi connectivity index (χ1n) is 9.21. The normalized spacial score (nSPS) is 57.9. The minimum absolute atomic E-state index is 0.0216. The highest BCUT2D eigenvalue weighted by atomic mass is 35.5. The summed E-state index contributed by atoms with van der Waals surface area (Å²) in [4.78, 5) is 12.4. The smallest absolute Gasteiger partial charge is 0.139 e. The van der Waals surface area contributed by atoms with Crippen LogP contribution >= 0.6 is 11.6 Å². The van der Waals surface area contributed by atoms with E-state index < -0.39 is 5.06 Å². The molecule has 0 spiro atoms. The summed E-state index contributed by atoms with van der Waals surface area (Å²) >= 11 is 6.27. The third-order valence-corrected chi connectivity index (χ3v) is 8.72. The van der Waals surface area contributed by atoms with Crippen LogP contribution in [-0.4, -0.2) is 16.0 Å². The van der Waals surface area contributed by atoms with Crippen molar-refractivity contribution in [2.24, 2.45) is 34.5 Å². The van der Waals surface area contributed by atoms with E-state index in [1.807, 2.05) is 0 Å². The molecule has 3 heteroatoms. The van der Waals surface area contributed by atoms with Gasteiger partial charge in [-0.05, 0) is 80.5 Å². The van der Waals surface area contributed by atoms with Crippen LogP contribution in [0.4, 0.5) is 0 Å². The van der Waals surface area contributed by atoms with Crippen molar-refractivity contribution in [3.63, 3.8) is 0 Å². The summed E-state index contributed by atoms with van der Waals surface area (Å²) in [6.45, 7) is 4.70. The Bertz CT molecular complexity index is 502. The maximum atomic E-state index is 12.4. The third-order valence-electron chi connectivity index (χ3n) is 8.38. The summed E-state index contributed by atoms with van der Waals surface area (Å²) in [5.74, 6) is 3.18. The molecule has 7 atom stereocenters. The van der Waals surface area contributed by atoms with Gasteiger partial charge in [0.15, 0.2) is 0 Å². The highest BCUT2D eigenvalue weighted by molar-refractivity contribution is 6.22. The van der Waals surface area contributed by atoms with Gasteiger partial charge in [-0.2, -0.15) is 0 Å². The lowest BCUT2D eigenvalue weighted by atomic mass is 9.45. The quantitative estimate of drug-likeness (QED) is 0.665. The molecule has 124 valence electrons. The molecule has 4 saturated carbocycles. The Kier molecular flexibility index (Phi) is 3.32. The van der Waals surface area contributed by atoms with Gasteiger partial charge in [-0.25, -0.2) is 0 Å². The molecule has 0 aromatic heterocycles. The second kappa shape index (κ2) is 4.72. The summed E-state index contributed by atoms with van der Waals surface area (Å²) in [5.41, 5.74) is 0.309. The molecule has 0 unspecified atom stereocenters. The minimum Gasteiger partial charge on any atom is -0.375 e. The zero-order valence-corrected chi connectivity index (χ0v) is 14.7. The van der Waals surface area contributed by atoms with Crippen molar-refractivity contribution >= 4 is 17.4 Å². The maximum Gasteiger partial charge on any atom is 0.139 e. The molecule has 4 rings (SSSR count). The van der Waals surface area contributed by atoms with Crippen molar-refractivity contribution in [2.75, 3.05) is 0 Å². The van der Waals surface area contributed by atoms with Gasteiger partial charge in [0, 0.05) is 11.8 Å². The highest BCUT2D eigenvalue weighted by Gasteiger charge is 2.61. The van der Waals surface area contributed by atoms with Crippen molar-refractivity contribution < 1.29 is 9.90 Å². The van der Waals surface area contributed by atoms with Crippen LogP contribution in [0.25, 0.3) is 0 Å². The fourth-order valence-electron chi connectivity index (χ4n) is 6.97. The van der Waals surface area contributed by atoms with E-state index in [9.17, 15) is 9.90 Å². The number of Topliss-reactive ketones (excluding diaryl/α,β-unsaturated/α-hetero) is 1. The van der Waals surface area contributed by atoms with Gasteiger partial charge in [-0.3, -0.25) is 4.79 Å². The Hall–Kier alpha value is -0.0800. The molecule has 0 aromatic rings. The zero-order chi connectivity index (χ0) is 15.8. The lowest BCUT2D eigenvalue weighted by Gasteiger charge is -2.60. The largest absolute Gasteiger partial charge is 0.375 e. The lowest BCUT2D eigenvalue weighted by molar-refractivity contribution is -0.144. The van der Waals surface area contributed by atoms with Crippen LogP contribution in [0.3, 0.4) is 0 Å². The molecule has 22 heavy (non-hydrogen) atoms. The summed E-state index contributed by atoms with van der Waals surface area (Å²) in [6.07, 6.45) is 9.20. The van der Waals surface area contributed by atoms with E-state index >= 15 is 0 Å². The van der Waals surface area contributed by atoms with Crippen LogP contribution in [0.1, 0.15) is 71.6 Å². The standard InChI is InChI=1S/C19H29ClO2/c1-17-9-10-19(20,22)11-12(17)3-4-13-14-5-6-16(21)18(14,2)8-7-15(13)17/h12-15,22H,3-11H2,1-2H3/t12-,13+,14+,15+,17+,18+,19+/m1/s1. The monoisotopic (exact) mass is 324 g/mol. The van der Waals surface area contributed by atoms with E-state index in [-0.39, 0.29) is 5.41 Å². The van der Waals surface area contributed by atoms with Crippen molar-refractivity contribution in [2.45, 2.75) is 76.7 Å². The van der Waals surface area contributed by atoms with Crippen LogP contribution in [0, 0.1) is 34.5 Å². The summed E-state index contributed by atoms with van der Waals surface area (Å²) in [6, 6.07) is 0. The Morgan fingerprint density at radius 1 is 1.05 bits per heavy atom. The van der Waals surface area contributed by atoms with Crippen molar-refractivity contribution in [1.29, 1.82) is 0 Å². The summed E-state index contributed by atoms with van der Waals surface area (Å²) < 4.78 is 0. The number of rotatable bonds is 0. The second-order valence-corrected chi connectivity index (χ2v) is 9.90. The molecule has 0 amide bonds. The Labute approximate surface area is 139 Å². The van der Waals surface area contributed by atoms with Gasteiger partial charge in [0.2, 0.25) is 0 Å². The molecule has 0 aliphatic heterocycles. The number of carbonyl (C=O) groups is 1. The Balaban J connectivity index is 1.63. The predicted octanol–water partition coefficient (Wildman–Crippen LogP) is 4.53. The predicted molar refractivity (Wildman–Crippen MR) is 87.5 cm³/mol.